The van der Waals surface area contributed by atoms with E-state index in [0.29, 0.717) is 13.2 Å². The van der Waals surface area contributed by atoms with Crippen LogP contribution in [0, 0.1) is 0 Å². The summed E-state index contributed by atoms with van der Waals surface area (Å²) in [6.07, 6.45) is 4.03. The number of fused-ring (bicyclic) bond motifs is 1. The van der Waals surface area contributed by atoms with Crippen LogP contribution in [0.4, 0.5) is 0 Å². The molecule has 24 heavy (non-hydrogen) atoms. The van der Waals surface area contributed by atoms with Crippen molar-refractivity contribution in [3.05, 3.63) is 47.3 Å². The lowest BCUT2D eigenvalue weighted by molar-refractivity contribution is 0.205. The van der Waals surface area contributed by atoms with E-state index in [2.05, 4.69) is 10.3 Å². The van der Waals surface area contributed by atoms with Crippen LogP contribution >= 0.6 is 7.60 Å². The number of aryl methyl sites for hydroxylation is 1. The Hall–Kier alpha value is -1.49. The Bertz CT molecular complexity index is 707. The number of rotatable bonds is 7. The number of hydrogen-bond donors (Lipinski definition) is 0. The summed E-state index contributed by atoms with van der Waals surface area (Å²) in [4.78, 5) is 0. The molecule has 0 amide bonds. The molecule has 2 aromatic rings. The van der Waals surface area contributed by atoms with Crippen LogP contribution in [0.5, 0.6) is 0 Å². The lowest BCUT2D eigenvalue weighted by Crippen LogP contribution is -2.19. The SMILES string of the molecule is CCOP(=O)(OCC)C(c1ccccc1)n1nnc2c1CCCC2. The molecule has 0 saturated heterocycles. The van der Waals surface area contributed by atoms with Crippen molar-refractivity contribution in [2.75, 3.05) is 13.2 Å². The molecular formula is C17H24N3O3P. The summed E-state index contributed by atoms with van der Waals surface area (Å²) in [5, 5.41) is 8.66. The molecule has 1 aromatic carbocycles. The smallest absolute Gasteiger partial charge is 0.307 e. The van der Waals surface area contributed by atoms with E-state index in [1.54, 1.807) is 4.68 Å². The molecule has 0 fully saturated rings. The fourth-order valence-corrected chi connectivity index (χ4v) is 5.27. The highest BCUT2D eigenvalue weighted by Gasteiger charge is 2.41. The molecule has 1 heterocycles. The Kier molecular flexibility index (Phi) is 5.49. The number of aromatic nitrogens is 3. The van der Waals surface area contributed by atoms with Crippen LogP contribution in [-0.2, 0) is 26.5 Å². The third-order valence-electron chi connectivity index (χ3n) is 4.20. The molecule has 0 spiro atoms. The topological polar surface area (TPSA) is 66.2 Å². The zero-order chi connectivity index (χ0) is 17.0. The van der Waals surface area contributed by atoms with Crippen molar-refractivity contribution >= 4 is 7.60 Å². The zero-order valence-corrected chi connectivity index (χ0v) is 15.1. The second-order valence-electron chi connectivity index (χ2n) is 5.79. The molecule has 0 bridgehead atoms. The molecule has 1 aliphatic rings. The lowest BCUT2D eigenvalue weighted by atomic mass is 10.0. The zero-order valence-electron chi connectivity index (χ0n) is 14.2. The Labute approximate surface area is 142 Å². The number of nitrogens with zero attached hydrogens (tertiary/aromatic N) is 3. The Morgan fingerprint density at radius 2 is 1.79 bits per heavy atom. The van der Waals surface area contributed by atoms with E-state index in [9.17, 15) is 4.57 Å². The Balaban J connectivity index is 2.12. The van der Waals surface area contributed by atoms with Crippen LogP contribution in [0.25, 0.3) is 0 Å². The van der Waals surface area contributed by atoms with Crippen molar-refractivity contribution in [1.82, 2.24) is 15.0 Å². The van der Waals surface area contributed by atoms with E-state index in [4.69, 9.17) is 9.05 Å². The van der Waals surface area contributed by atoms with E-state index < -0.39 is 13.4 Å². The quantitative estimate of drug-likeness (QED) is 0.708. The van der Waals surface area contributed by atoms with Crippen LogP contribution in [0.15, 0.2) is 30.3 Å². The molecule has 1 aromatic heterocycles. The molecular weight excluding hydrogens is 325 g/mol. The minimum atomic E-state index is -3.43. The Morgan fingerprint density at radius 3 is 2.46 bits per heavy atom. The van der Waals surface area contributed by atoms with Crippen molar-refractivity contribution in [1.29, 1.82) is 0 Å². The van der Waals surface area contributed by atoms with E-state index in [0.717, 1.165) is 42.6 Å². The maximum Gasteiger partial charge on any atom is 0.359 e. The summed E-state index contributed by atoms with van der Waals surface area (Å²) < 4.78 is 26.6. The molecule has 7 heteroatoms. The highest BCUT2D eigenvalue weighted by atomic mass is 31.2. The highest BCUT2D eigenvalue weighted by Crippen LogP contribution is 2.61. The summed E-state index contributed by atoms with van der Waals surface area (Å²) in [6, 6.07) is 9.66. The first kappa shape index (κ1) is 17.3. The lowest BCUT2D eigenvalue weighted by Gasteiger charge is -2.28. The second kappa shape index (κ2) is 7.60. The summed E-state index contributed by atoms with van der Waals surface area (Å²) in [5.74, 6) is -0.604. The van der Waals surface area contributed by atoms with Gasteiger partial charge >= 0.3 is 7.60 Å². The highest BCUT2D eigenvalue weighted by molar-refractivity contribution is 7.54. The monoisotopic (exact) mass is 349 g/mol. The van der Waals surface area contributed by atoms with Gasteiger partial charge in [-0.3, -0.25) is 4.57 Å². The molecule has 130 valence electrons. The van der Waals surface area contributed by atoms with Gasteiger partial charge in [0, 0.05) is 0 Å². The van der Waals surface area contributed by atoms with Crippen LogP contribution in [0.3, 0.4) is 0 Å². The van der Waals surface area contributed by atoms with Crippen molar-refractivity contribution in [3.8, 4) is 0 Å². The molecule has 1 aliphatic carbocycles. The minimum Gasteiger partial charge on any atom is -0.307 e. The average Bonchev–Trinajstić information content (AvgIpc) is 3.00. The predicted molar refractivity (Wildman–Crippen MR) is 92.1 cm³/mol. The second-order valence-corrected chi connectivity index (χ2v) is 7.88. The van der Waals surface area contributed by atoms with E-state index in [1.165, 1.54) is 0 Å². The van der Waals surface area contributed by atoms with Gasteiger partial charge in [0.25, 0.3) is 0 Å². The van der Waals surface area contributed by atoms with Gasteiger partial charge in [-0.15, -0.1) is 5.10 Å². The standard InChI is InChI=1S/C17H24N3O3P/c1-3-22-24(21,23-4-2)17(14-10-6-5-7-11-14)20-16-13-9-8-12-15(16)18-19-20/h5-7,10-11,17H,3-4,8-9,12-13H2,1-2H3. The van der Waals surface area contributed by atoms with Gasteiger partial charge in [0.1, 0.15) is 0 Å². The first-order chi connectivity index (χ1) is 11.7. The fraction of sp³-hybridized carbons (Fsp3) is 0.529. The van der Waals surface area contributed by atoms with Crippen LogP contribution in [0.2, 0.25) is 0 Å². The molecule has 1 unspecified atom stereocenters. The maximum atomic E-state index is 13.6. The van der Waals surface area contributed by atoms with Gasteiger partial charge < -0.3 is 9.05 Å². The van der Waals surface area contributed by atoms with E-state index >= 15 is 0 Å². The fourth-order valence-electron chi connectivity index (χ4n) is 3.20. The number of hydrogen-bond acceptors (Lipinski definition) is 5. The van der Waals surface area contributed by atoms with Gasteiger partial charge in [-0.05, 0) is 45.1 Å². The molecule has 6 nitrogen and oxygen atoms in total. The summed E-state index contributed by atoms with van der Waals surface area (Å²) in [5.41, 5.74) is 2.91. The van der Waals surface area contributed by atoms with Gasteiger partial charge in [-0.2, -0.15) is 0 Å². The van der Waals surface area contributed by atoms with Gasteiger partial charge in [0.15, 0.2) is 5.78 Å². The summed E-state index contributed by atoms with van der Waals surface area (Å²) in [6.45, 7) is 4.28. The Morgan fingerprint density at radius 1 is 1.12 bits per heavy atom. The van der Waals surface area contributed by atoms with Gasteiger partial charge in [0.05, 0.1) is 24.6 Å². The molecule has 0 N–H and O–H groups in total. The first-order valence-electron chi connectivity index (χ1n) is 8.56. The summed E-state index contributed by atoms with van der Waals surface area (Å²) in [7, 11) is -3.43. The van der Waals surface area contributed by atoms with Crippen LogP contribution in [0.1, 0.15) is 49.4 Å². The van der Waals surface area contributed by atoms with Crippen LogP contribution < -0.4 is 0 Å². The summed E-state index contributed by atoms with van der Waals surface area (Å²) >= 11 is 0. The van der Waals surface area contributed by atoms with Crippen molar-refractivity contribution in [2.24, 2.45) is 0 Å². The third-order valence-corrected chi connectivity index (χ3v) is 6.55. The van der Waals surface area contributed by atoms with Gasteiger partial charge in [-0.25, -0.2) is 4.68 Å². The minimum absolute atomic E-state index is 0.317. The largest absolute Gasteiger partial charge is 0.359 e. The molecule has 0 saturated carbocycles. The van der Waals surface area contributed by atoms with Crippen molar-refractivity contribution in [3.63, 3.8) is 0 Å². The molecule has 1 atom stereocenters. The third kappa shape index (κ3) is 3.32. The first-order valence-corrected chi connectivity index (χ1v) is 10.2. The van der Waals surface area contributed by atoms with Crippen molar-refractivity contribution < 1.29 is 13.6 Å². The van der Waals surface area contributed by atoms with E-state index in [1.807, 2.05) is 44.2 Å². The van der Waals surface area contributed by atoms with Gasteiger partial charge in [-0.1, -0.05) is 35.5 Å². The normalized spacial score (nSPS) is 15.9. The predicted octanol–water partition coefficient (Wildman–Crippen LogP) is 3.97. The van der Waals surface area contributed by atoms with Gasteiger partial charge in [0.2, 0.25) is 0 Å². The number of benzene rings is 1. The van der Waals surface area contributed by atoms with Crippen LogP contribution in [-0.4, -0.2) is 28.2 Å². The average molecular weight is 349 g/mol. The molecule has 3 rings (SSSR count). The molecule has 0 aliphatic heterocycles. The maximum absolute atomic E-state index is 13.6. The van der Waals surface area contributed by atoms with Crippen molar-refractivity contribution in [2.45, 2.75) is 45.3 Å². The molecule has 0 radical (unpaired) electrons. The van der Waals surface area contributed by atoms with E-state index in [-0.39, 0.29) is 0 Å².